The normalized spacial score (nSPS) is 12.9. The van der Waals surface area contributed by atoms with E-state index in [1.165, 1.54) is 17.0 Å². The van der Waals surface area contributed by atoms with Crippen molar-refractivity contribution in [1.29, 1.82) is 0 Å². The minimum atomic E-state index is -0.978. The third-order valence-corrected chi connectivity index (χ3v) is 6.10. The van der Waals surface area contributed by atoms with Gasteiger partial charge in [0.25, 0.3) is 0 Å². The standard InChI is InChI=1S/C28H39N3O5S/c1-19(2)31(26(34)23(16-17-37-6)30-27(35)36-28(3,4)5)24(21-12-14-22(32)15-13-21)25(33)29-18-20-10-8-7-9-11-20/h7-15,19,23-24,32H,16-18H2,1-6H3,(H,29,33)(H,30,35). The number of aromatic hydroxyl groups is 1. The Kier molecular flexibility index (Phi) is 11.3. The molecule has 9 heteroatoms. The van der Waals surface area contributed by atoms with Crippen LogP contribution >= 0.6 is 11.8 Å². The maximum absolute atomic E-state index is 14.0. The van der Waals surface area contributed by atoms with Gasteiger partial charge in [-0.1, -0.05) is 42.5 Å². The Balaban J connectivity index is 2.41. The number of thioether (sulfide) groups is 1. The lowest BCUT2D eigenvalue weighted by Crippen LogP contribution is -2.55. The number of phenolic OH excluding ortho intramolecular Hbond substituents is 1. The first kappa shape index (κ1) is 30.0. The lowest BCUT2D eigenvalue weighted by Gasteiger charge is -2.37. The molecule has 0 aliphatic carbocycles. The number of ether oxygens (including phenoxy) is 1. The molecule has 0 aliphatic rings. The number of nitrogens with zero attached hydrogens (tertiary/aromatic N) is 1. The van der Waals surface area contributed by atoms with Crippen LogP contribution in [0.15, 0.2) is 54.6 Å². The lowest BCUT2D eigenvalue weighted by molar-refractivity contribution is -0.144. The molecule has 2 aromatic carbocycles. The summed E-state index contributed by atoms with van der Waals surface area (Å²) in [6.07, 6.45) is 1.60. The van der Waals surface area contributed by atoms with Crippen molar-refractivity contribution in [3.05, 3.63) is 65.7 Å². The average Bonchev–Trinajstić information content (AvgIpc) is 2.83. The summed E-state index contributed by atoms with van der Waals surface area (Å²) in [5.41, 5.74) is 0.749. The van der Waals surface area contributed by atoms with Gasteiger partial charge in [-0.3, -0.25) is 9.59 Å². The minimum absolute atomic E-state index is 0.0547. The monoisotopic (exact) mass is 529 g/mol. The number of nitrogens with one attached hydrogen (secondary N) is 2. The van der Waals surface area contributed by atoms with Gasteiger partial charge in [-0.05, 0) is 76.3 Å². The second kappa shape index (κ2) is 13.9. The predicted molar refractivity (Wildman–Crippen MR) is 147 cm³/mol. The molecule has 0 bridgehead atoms. The summed E-state index contributed by atoms with van der Waals surface area (Å²) in [5.74, 6) is -0.0678. The number of benzene rings is 2. The maximum atomic E-state index is 14.0. The summed E-state index contributed by atoms with van der Waals surface area (Å²) in [5, 5.41) is 15.5. The topological polar surface area (TPSA) is 108 Å². The summed E-state index contributed by atoms with van der Waals surface area (Å²) < 4.78 is 5.40. The van der Waals surface area contributed by atoms with Crippen LogP contribution in [-0.2, 0) is 20.9 Å². The smallest absolute Gasteiger partial charge is 0.408 e. The van der Waals surface area contributed by atoms with E-state index in [1.807, 2.05) is 50.4 Å². The number of hydrogen-bond donors (Lipinski definition) is 3. The van der Waals surface area contributed by atoms with Crippen molar-refractivity contribution >= 4 is 29.7 Å². The molecule has 202 valence electrons. The number of carbonyl (C=O) groups excluding carboxylic acids is 3. The van der Waals surface area contributed by atoms with Crippen molar-refractivity contribution in [3.63, 3.8) is 0 Å². The lowest BCUT2D eigenvalue weighted by atomic mass is 10.0. The molecule has 3 N–H and O–H groups in total. The van der Waals surface area contributed by atoms with Crippen molar-refractivity contribution < 1.29 is 24.2 Å². The molecular formula is C28H39N3O5S. The van der Waals surface area contributed by atoms with Crippen LogP contribution in [0.1, 0.15) is 58.2 Å². The molecule has 2 aromatic rings. The van der Waals surface area contributed by atoms with Crippen LogP contribution in [0.25, 0.3) is 0 Å². The third kappa shape index (κ3) is 9.64. The molecular weight excluding hydrogens is 490 g/mol. The molecule has 37 heavy (non-hydrogen) atoms. The van der Waals surface area contributed by atoms with Gasteiger partial charge >= 0.3 is 6.09 Å². The van der Waals surface area contributed by atoms with E-state index in [9.17, 15) is 19.5 Å². The second-order valence-corrected chi connectivity index (χ2v) is 11.0. The van der Waals surface area contributed by atoms with Gasteiger partial charge in [-0.2, -0.15) is 11.8 Å². The number of carbonyl (C=O) groups is 3. The Morgan fingerprint density at radius 1 is 1.03 bits per heavy atom. The van der Waals surface area contributed by atoms with Gasteiger partial charge < -0.3 is 25.4 Å². The maximum Gasteiger partial charge on any atom is 0.408 e. The van der Waals surface area contributed by atoms with Gasteiger partial charge in [-0.15, -0.1) is 0 Å². The first-order valence-corrected chi connectivity index (χ1v) is 13.7. The van der Waals surface area contributed by atoms with E-state index < -0.39 is 23.8 Å². The van der Waals surface area contributed by atoms with Gasteiger partial charge in [0.05, 0.1) is 0 Å². The van der Waals surface area contributed by atoms with Gasteiger partial charge in [0.1, 0.15) is 23.4 Å². The molecule has 8 nitrogen and oxygen atoms in total. The minimum Gasteiger partial charge on any atom is -0.508 e. The molecule has 2 unspecified atom stereocenters. The Bertz CT molecular complexity index is 1020. The number of rotatable bonds is 11. The molecule has 0 saturated carbocycles. The fourth-order valence-electron chi connectivity index (χ4n) is 3.78. The third-order valence-electron chi connectivity index (χ3n) is 5.46. The Morgan fingerprint density at radius 3 is 2.19 bits per heavy atom. The van der Waals surface area contributed by atoms with Crippen LogP contribution < -0.4 is 10.6 Å². The van der Waals surface area contributed by atoms with Gasteiger partial charge in [0.2, 0.25) is 11.8 Å². The van der Waals surface area contributed by atoms with E-state index in [1.54, 1.807) is 44.7 Å². The number of amides is 3. The summed E-state index contributed by atoms with van der Waals surface area (Å²) in [6, 6.07) is 13.5. The largest absolute Gasteiger partial charge is 0.508 e. The second-order valence-electron chi connectivity index (χ2n) is 10.0. The highest BCUT2D eigenvalue weighted by Crippen LogP contribution is 2.27. The Morgan fingerprint density at radius 2 is 1.65 bits per heavy atom. The molecule has 3 amide bonds. The van der Waals surface area contributed by atoms with E-state index in [4.69, 9.17) is 4.74 Å². The first-order valence-electron chi connectivity index (χ1n) is 12.3. The van der Waals surface area contributed by atoms with E-state index in [-0.39, 0.29) is 23.6 Å². The number of hydrogen-bond acceptors (Lipinski definition) is 6. The van der Waals surface area contributed by atoms with Crippen LogP contribution in [0.5, 0.6) is 5.75 Å². The SMILES string of the molecule is CSCCC(NC(=O)OC(C)(C)C)C(=O)N(C(C)C)C(C(=O)NCc1ccccc1)c1ccc(O)cc1. The molecule has 0 radical (unpaired) electrons. The molecule has 0 spiro atoms. The fourth-order valence-corrected chi connectivity index (χ4v) is 4.25. The molecule has 0 aliphatic heterocycles. The summed E-state index contributed by atoms with van der Waals surface area (Å²) in [4.78, 5) is 41.7. The molecule has 0 saturated heterocycles. The molecule has 0 aromatic heterocycles. The summed E-state index contributed by atoms with van der Waals surface area (Å²) >= 11 is 1.56. The van der Waals surface area contributed by atoms with Crippen LogP contribution in [0, 0.1) is 0 Å². The predicted octanol–water partition coefficient (Wildman–Crippen LogP) is 4.63. The van der Waals surface area contributed by atoms with E-state index in [0.29, 0.717) is 24.3 Å². The molecule has 0 fully saturated rings. The van der Waals surface area contributed by atoms with Crippen LogP contribution in [0.3, 0.4) is 0 Å². The van der Waals surface area contributed by atoms with Gasteiger partial charge in [0.15, 0.2) is 0 Å². The van der Waals surface area contributed by atoms with Crippen molar-refractivity contribution in [2.24, 2.45) is 0 Å². The fraction of sp³-hybridized carbons (Fsp3) is 0.464. The summed E-state index contributed by atoms with van der Waals surface area (Å²) in [6.45, 7) is 9.21. The quantitative estimate of drug-likeness (QED) is 0.392. The molecule has 2 rings (SSSR count). The van der Waals surface area contributed by atoms with Crippen LogP contribution in [-0.4, -0.2) is 57.6 Å². The van der Waals surface area contributed by atoms with E-state index in [0.717, 1.165) is 5.56 Å². The van der Waals surface area contributed by atoms with Crippen molar-refractivity contribution in [2.75, 3.05) is 12.0 Å². The average molecular weight is 530 g/mol. The van der Waals surface area contributed by atoms with Crippen LogP contribution in [0.2, 0.25) is 0 Å². The Hall–Kier alpha value is -3.20. The number of phenols is 1. The van der Waals surface area contributed by atoms with Crippen molar-refractivity contribution in [1.82, 2.24) is 15.5 Å². The van der Waals surface area contributed by atoms with E-state index >= 15 is 0 Å². The van der Waals surface area contributed by atoms with Crippen molar-refractivity contribution in [2.45, 2.75) is 71.3 Å². The highest BCUT2D eigenvalue weighted by Gasteiger charge is 2.37. The van der Waals surface area contributed by atoms with E-state index in [2.05, 4.69) is 10.6 Å². The first-order chi connectivity index (χ1) is 17.4. The summed E-state index contributed by atoms with van der Waals surface area (Å²) in [7, 11) is 0. The zero-order valence-corrected chi connectivity index (χ0v) is 23.3. The molecule has 2 atom stereocenters. The Labute approximate surface area is 224 Å². The molecule has 0 heterocycles. The zero-order valence-electron chi connectivity index (χ0n) is 22.5. The highest BCUT2D eigenvalue weighted by molar-refractivity contribution is 7.98. The van der Waals surface area contributed by atoms with Gasteiger partial charge in [-0.25, -0.2) is 4.79 Å². The van der Waals surface area contributed by atoms with Crippen LogP contribution in [0.4, 0.5) is 4.79 Å². The number of alkyl carbamates (subject to hydrolysis) is 1. The highest BCUT2D eigenvalue weighted by atomic mass is 32.2. The van der Waals surface area contributed by atoms with Crippen molar-refractivity contribution in [3.8, 4) is 5.75 Å². The zero-order chi connectivity index (χ0) is 27.6. The van der Waals surface area contributed by atoms with Gasteiger partial charge in [0, 0.05) is 12.6 Å².